The third-order valence-electron chi connectivity index (χ3n) is 2.99. The third-order valence-corrected chi connectivity index (χ3v) is 4.05. The molecule has 2 aromatic heterocycles. The Morgan fingerprint density at radius 1 is 1.10 bits per heavy atom. The first-order valence-electron chi connectivity index (χ1n) is 6.09. The number of nitrogens with two attached hydrogens (primary N) is 1. The van der Waals surface area contributed by atoms with E-state index >= 15 is 0 Å². The summed E-state index contributed by atoms with van der Waals surface area (Å²) in [6.07, 6.45) is 1.63. The zero-order valence-corrected chi connectivity index (χ0v) is 13.0. The van der Waals surface area contributed by atoms with Gasteiger partial charge in [0.05, 0.1) is 15.5 Å². The maximum Gasteiger partial charge on any atom is 0.198 e. The minimum atomic E-state index is 0.463. The van der Waals surface area contributed by atoms with Crippen molar-refractivity contribution in [2.24, 2.45) is 0 Å². The van der Waals surface area contributed by atoms with E-state index in [0.717, 1.165) is 20.4 Å². The Morgan fingerprint density at radius 2 is 1.85 bits per heavy atom. The van der Waals surface area contributed by atoms with E-state index in [0.29, 0.717) is 17.4 Å². The lowest BCUT2D eigenvalue weighted by atomic mass is 10.1. The Labute approximate surface area is 130 Å². The Balaban J connectivity index is 2.21. The largest absolute Gasteiger partial charge is 0.461 e. The summed E-state index contributed by atoms with van der Waals surface area (Å²) in [6, 6.07) is 11.8. The van der Waals surface area contributed by atoms with Gasteiger partial charge in [-0.25, -0.2) is 9.97 Å². The summed E-state index contributed by atoms with van der Waals surface area (Å²) in [5.41, 5.74) is 8.84. The van der Waals surface area contributed by atoms with E-state index in [2.05, 4.69) is 32.6 Å². The van der Waals surface area contributed by atoms with E-state index in [1.54, 1.807) is 6.26 Å². The first kappa shape index (κ1) is 13.1. The summed E-state index contributed by atoms with van der Waals surface area (Å²) in [7, 11) is 0. The lowest BCUT2D eigenvalue weighted by Gasteiger charge is -2.08. The average Bonchev–Trinajstić information content (AvgIpc) is 2.89. The highest BCUT2D eigenvalue weighted by molar-refractivity contribution is 14.1. The number of nitrogens with zero attached hydrogens (tertiary/aromatic N) is 2. The standard InChI is InChI=1S/C15H12IN3O/c1-9-7-8-20-13(9)15-18-12(11(16)14(17)19-15)10-5-3-2-4-6-10/h2-8H,1H3,(H2,17,18,19). The van der Waals surface area contributed by atoms with Crippen molar-refractivity contribution in [2.75, 3.05) is 5.73 Å². The van der Waals surface area contributed by atoms with Crippen LogP contribution in [0.2, 0.25) is 0 Å². The Morgan fingerprint density at radius 3 is 2.50 bits per heavy atom. The monoisotopic (exact) mass is 377 g/mol. The number of halogens is 1. The van der Waals surface area contributed by atoms with Gasteiger partial charge in [-0.2, -0.15) is 0 Å². The number of hydrogen-bond acceptors (Lipinski definition) is 4. The number of nitrogen functional groups attached to an aromatic ring is 1. The Bertz CT molecular complexity index is 753. The summed E-state index contributed by atoms with van der Waals surface area (Å²) in [5, 5.41) is 0. The molecule has 0 saturated heterocycles. The van der Waals surface area contributed by atoms with Crippen LogP contribution in [0, 0.1) is 10.5 Å². The molecule has 0 unspecified atom stereocenters. The molecule has 0 atom stereocenters. The maximum atomic E-state index is 6.01. The highest BCUT2D eigenvalue weighted by Gasteiger charge is 2.16. The molecule has 4 nitrogen and oxygen atoms in total. The molecule has 1 aromatic carbocycles. The zero-order valence-electron chi connectivity index (χ0n) is 10.8. The molecule has 0 aliphatic rings. The van der Waals surface area contributed by atoms with Crippen molar-refractivity contribution in [3.8, 4) is 22.8 Å². The van der Waals surface area contributed by atoms with Crippen molar-refractivity contribution in [3.05, 3.63) is 51.8 Å². The molecule has 0 bridgehead atoms. The second-order valence-electron chi connectivity index (χ2n) is 4.39. The van der Waals surface area contributed by atoms with Gasteiger partial charge in [-0.05, 0) is 41.1 Å². The van der Waals surface area contributed by atoms with E-state index in [9.17, 15) is 0 Å². The number of aryl methyl sites for hydroxylation is 1. The van der Waals surface area contributed by atoms with Crippen LogP contribution in [0.15, 0.2) is 47.1 Å². The van der Waals surface area contributed by atoms with Crippen molar-refractivity contribution in [1.29, 1.82) is 0 Å². The van der Waals surface area contributed by atoms with E-state index in [1.807, 2.05) is 43.3 Å². The second-order valence-corrected chi connectivity index (χ2v) is 5.47. The Hall–Kier alpha value is -1.89. The van der Waals surface area contributed by atoms with Gasteiger partial charge in [0, 0.05) is 5.56 Å². The third kappa shape index (κ3) is 2.29. The molecule has 3 aromatic rings. The molecular weight excluding hydrogens is 365 g/mol. The first-order chi connectivity index (χ1) is 9.66. The fourth-order valence-corrected chi connectivity index (χ4v) is 2.51. The van der Waals surface area contributed by atoms with Gasteiger partial charge in [0.15, 0.2) is 11.6 Å². The van der Waals surface area contributed by atoms with E-state index in [4.69, 9.17) is 10.2 Å². The molecule has 0 aliphatic carbocycles. The number of benzene rings is 1. The van der Waals surface area contributed by atoms with Crippen LogP contribution >= 0.6 is 22.6 Å². The van der Waals surface area contributed by atoms with Crippen molar-refractivity contribution in [2.45, 2.75) is 6.92 Å². The summed E-state index contributed by atoms with van der Waals surface area (Å²) < 4.78 is 6.30. The van der Waals surface area contributed by atoms with Gasteiger partial charge in [0.1, 0.15) is 5.82 Å². The predicted molar refractivity (Wildman–Crippen MR) is 87.0 cm³/mol. The van der Waals surface area contributed by atoms with Crippen molar-refractivity contribution in [1.82, 2.24) is 9.97 Å². The summed E-state index contributed by atoms with van der Waals surface area (Å²) in [4.78, 5) is 8.94. The zero-order chi connectivity index (χ0) is 14.1. The van der Waals surface area contributed by atoms with Crippen LogP contribution in [-0.2, 0) is 0 Å². The summed E-state index contributed by atoms with van der Waals surface area (Å²) in [5.74, 6) is 1.64. The predicted octanol–water partition coefficient (Wildman–Crippen LogP) is 3.90. The van der Waals surface area contributed by atoms with Gasteiger partial charge in [0.2, 0.25) is 0 Å². The van der Waals surface area contributed by atoms with Crippen molar-refractivity contribution >= 4 is 28.4 Å². The molecule has 5 heteroatoms. The lowest BCUT2D eigenvalue weighted by molar-refractivity contribution is 0.576. The lowest BCUT2D eigenvalue weighted by Crippen LogP contribution is -2.02. The normalized spacial score (nSPS) is 10.7. The fourth-order valence-electron chi connectivity index (χ4n) is 1.96. The van der Waals surface area contributed by atoms with Crippen LogP contribution in [-0.4, -0.2) is 9.97 Å². The van der Waals surface area contributed by atoms with Gasteiger partial charge in [-0.3, -0.25) is 0 Å². The summed E-state index contributed by atoms with van der Waals surface area (Å²) >= 11 is 2.17. The molecule has 0 fully saturated rings. The van der Waals surface area contributed by atoms with Crippen molar-refractivity contribution < 1.29 is 4.42 Å². The maximum absolute atomic E-state index is 6.01. The number of furan rings is 1. The Kier molecular flexibility index (Phi) is 3.43. The minimum absolute atomic E-state index is 0.463. The molecule has 3 rings (SSSR count). The number of anilines is 1. The van der Waals surface area contributed by atoms with Crippen molar-refractivity contribution in [3.63, 3.8) is 0 Å². The highest BCUT2D eigenvalue weighted by Crippen LogP contribution is 2.30. The van der Waals surface area contributed by atoms with Gasteiger partial charge >= 0.3 is 0 Å². The summed E-state index contributed by atoms with van der Waals surface area (Å²) in [6.45, 7) is 1.96. The van der Waals surface area contributed by atoms with E-state index in [1.165, 1.54) is 0 Å². The van der Waals surface area contributed by atoms with Gasteiger partial charge in [0.25, 0.3) is 0 Å². The van der Waals surface area contributed by atoms with E-state index < -0.39 is 0 Å². The number of rotatable bonds is 2. The van der Waals surface area contributed by atoms with Crippen LogP contribution in [0.1, 0.15) is 5.56 Å². The van der Waals surface area contributed by atoms with E-state index in [-0.39, 0.29) is 0 Å². The molecule has 2 heterocycles. The minimum Gasteiger partial charge on any atom is -0.461 e. The molecular formula is C15H12IN3O. The van der Waals surface area contributed by atoms with Gasteiger partial charge < -0.3 is 10.2 Å². The topological polar surface area (TPSA) is 64.9 Å². The van der Waals surface area contributed by atoms with Crippen LogP contribution < -0.4 is 5.73 Å². The van der Waals surface area contributed by atoms with Gasteiger partial charge in [-0.1, -0.05) is 30.3 Å². The fraction of sp³-hybridized carbons (Fsp3) is 0.0667. The molecule has 2 N–H and O–H groups in total. The molecule has 0 aliphatic heterocycles. The second kappa shape index (κ2) is 5.24. The van der Waals surface area contributed by atoms with Crippen LogP contribution in [0.25, 0.3) is 22.8 Å². The quantitative estimate of drug-likeness (QED) is 0.688. The van der Waals surface area contributed by atoms with Crippen LogP contribution in [0.5, 0.6) is 0 Å². The smallest absolute Gasteiger partial charge is 0.198 e. The highest BCUT2D eigenvalue weighted by atomic mass is 127. The molecule has 20 heavy (non-hydrogen) atoms. The molecule has 100 valence electrons. The van der Waals surface area contributed by atoms with Crippen LogP contribution in [0.3, 0.4) is 0 Å². The average molecular weight is 377 g/mol. The molecule has 0 amide bonds. The number of aromatic nitrogens is 2. The first-order valence-corrected chi connectivity index (χ1v) is 7.17. The molecule has 0 spiro atoms. The molecule has 0 saturated carbocycles. The molecule has 0 radical (unpaired) electrons. The van der Waals surface area contributed by atoms with Crippen LogP contribution in [0.4, 0.5) is 5.82 Å². The SMILES string of the molecule is Cc1ccoc1-c1nc(N)c(I)c(-c2ccccc2)n1. The van der Waals surface area contributed by atoms with Gasteiger partial charge in [-0.15, -0.1) is 0 Å². The number of hydrogen-bond donors (Lipinski definition) is 1.